The summed E-state index contributed by atoms with van der Waals surface area (Å²) in [6.07, 6.45) is 6.40. The van der Waals surface area contributed by atoms with E-state index in [4.69, 9.17) is 5.10 Å². The second-order valence-corrected chi connectivity index (χ2v) is 11.2. The number of fused-ring (bicyclic) bond motifs is 3. The van der Waals surface area contributed by atoms with Gasteiger partial charge in [0.15, 0.2) is 5.69 Å². The Morgan fingerprint density at radius 1 is 1.00 bits per heavy atom. The number of piperidine rings is 1. The molecule has 0 bridgehead atoms. The monoisotopic (exact) mass is 467 g/mol. The molecule has 3 fully saturated rings. The number of likely N-dealkylation sites (tertiary alicyclic amines) is 1. The zero-order chi connectivity index (χ0) is 22.5. The zero-order valence-electron chi connectivity index (χ0n) is 19.5. The number of piperazine rings is 1. The minimum absolute atomic E-state index is 0.107. The summed E-state index contributed by atoms with van der Waals surface area (Å²) in [7, 11) is 0. The molecule has 176 valence electrons. The van der Waals surface area contributed by atoms with Crippen molar-refractivity contribution in [1.82, 2.24) is 24.5 Å². The Bertz CT molecular complexity index is 1060. The SMILES string of the molecule is CC(=O)N1CCC(n2nc(C(=O)N3CCN(CC4CC4)CC3)c3c2-c2ccsc2CC3)CC1. The molecule has 0 N–H and O–H groups in total. The first kappa shape index (κ1) is 21.4. The predicted octanol–water partition coefficient (Wildman–Crippen LogP) is 3.06. The zero-order valence-corrected chi connectivity index (χ0v) is 20.3. The van der Waals surface area contributed by atoms with E-state index < -0.39 is 0 Å². The quantitative estimate of drug-likeness (QED) is 0.693. The van der Waals surface area contributed by atoms with Crippen LogP contribution in [0.15, 0.2) is 11.4 Å². The Hall–Kier alpha value is -2.19. The highest BCUT2D eigenvalue weighted by atomic mass is 32.1. The van der Waals surface area contributed by atoms with Gasteiger partial charge in [-0.3, -0.25) is 19.2 Å². The molecule has 0 spiro atoms. The number of hydrogen-bond acceptors (Lipinski definition) is 5. The lowest BCUT2D eigenvalue weighted by Crippen LogP contribution is -2.49. The molecule has 2 saturated heterocycles. The van der Waals surface area contributed by atoms with Gasteiger partial charge in [-0.15, -0.1) is 11.3 Å². The first-order valence-electron chi connectivity index (χ1n) is 12.5. The van der Waals surface area contributed by atoms with E-state index in [9.17, 15) is 9.59 Å². The number of carbonyl (C=O) groups is 2. The highest BCUT2D eigenvalue weighted by molar-refractivity contribution is 7.10. The van der Waals surface area contributed by atoms with Crippen molar-refractivity contribution in [1.29, 1.82) is 0 Å². The van der Waals surface area contributed by atoms with E-state index >= 15 is 0 Å². The van der Waals surface area contributed by atoms with Gasteiger partial charge in [-0.1, -0.05) is 0 Å². The molecule has 0 unspecified atom stereocenters. The van der Waals surface area contributed by atoms with Crippen LogP contribution in [0.5, 0.6) is 0 Å². The van der Waals surface area contributed by atoms with Gasteiger partial charge in [-0.2, -0.15) is 5.10 Å². The van der Waals surface area contributed by atoms with E-state index in [1.54, 1.807) is 6.92 Å². The van der Waals surface area contributed by atoms with Crippen molar-refractivity contribution < 1.29 is 9.59 Å². The van der Waals surface area contributed by atoms with Gasteiger partial charge in [0.25, 0.3) is 5.91 Å². The predicted molar refractivity (Wildman–Crippen MR) is 129 cm³/mol. The first-order valence-corrected chi connectivity index (χ1v) is 13.4. The standard InChI is InChI=1S/C25H33N5O2S/c1-17(31)28-9-6-19(7-10-28)30-24-20-8-15-33-22(20)5-4-21(24)23(26-30)25(32)29-13-11-27(12-14-29)16-18-2-3-18/h8,15,18-19H,2-7,9-14,16H2,1H3. The van der Waals surface area contributed by atoms with Crippen LogP contribution in [0, 0.1) is 5.92 Å². The number of carbonyl (C=O) groups excluding carboxylic acids is 2. The molecule has 2 aromatic rings. The summed E-state index contributed by atoms with van der Waals surface area (Å²) in [5.41, 5.74) is 4.23. The van der Waals surface area contributed by atoms with Crippen molar-refractivity contribution in [2.75, 3.05) is 45.8 Å². The third-order valence-electron chi connectivity index (χ3n) is 7.94. The normalized spacial score (nSPS) is 21.7. The van der Waals surface area contributed by atoms with Gasteiger partial charge >= 0.3 is 0 Å². The highest BCUT2D eigenvalue weighted by Gasteiger charge is 2.35. The highest BCUT2D eigenvalue weighted by Crippen LogP contribution is 2.41. The Morgan fingerprint density at radius 2 is 1.76 bits per heavy atom. The molecule has 1 saturated carbocycles. The summed E-state index contributed by atoms with van der Waals surface area (Å²) >= 11 is 1.81. The third-order valence-corrected chi connectivity index (χ3v) is 8.92. The van der Waals surface area contributed by atoms with Crippen molar-refractivity contribution in [3.8, 4) is 11.3 Å². The molecule has 0 aromatic carbocycles. The number of aryl methyl sites for hydroxylation is 1. The molecule has 6 rings (SSSR count). The van der Waals surface area contributed by atoms with Crippen LogP contribution >= 0.6 is 11.3 Å². The lowest BCUT2D eigenvalue weighted by molar-refractivity contribution is -0.130. The number of amides is 2. The number of hydrogen-bond donors (Lipinski definition) is 0. The van der Waals surface area contributed by atoms with Crippen LogP contribution in [-0.4, -0.2) is 82.1 Å². The van der Waals surface area contributed by atoms with Gasteiger partial charge in [0.05, 0.1) is 11.7 Å². The Morgan fingerprint density at radius 3 is 2.45 bits per heavy atom. The molecule has 2 amide bonds. The van der Waals surface area contributed by atoms with Gasteiger partial charge in [-0.05, 0) is 55.9 Å². The number of rotatable bonds is 4. The molecule has 4 heterocycles. The molecular weight excluding hydrogens is 434 g/mol. The largest absolute Gasteiger partial charge is 0.343 e. The van der Waals surface area contributed by atoms with Crippen molar-refractivity contribution in [2.45, 2.75) is 51.5 Å². The van der Waals surface area contributed by atoms with Crippen LogP contribution < -0.4 is 0 Å². The fourth-order valence-corrected chi connectivity index (χ4v) is 6.67. The van der Waals surface area contributed by atoms with Gasteiger partial charge < -0.3 is 9.80 Å². The maximum absolute atomic E-state index is 13.7. The average molecular weight is 468 g/mol. The summed E-state index contributed by atoms with van der Waals surface area (Å²) in [5.74, 6) is 1.15. The molecule has 8 heteroatoms. The summed E-state index contributed by atoms with van der Waals surface area (Å²) < 4.78 is 2.16. The van der Waals surface area contributed by atoms with Crippen molar-refractivity contribution in [2.24, 2.45) is 5.92 Å². The molecule has 2 aliphatic heterocycles. The summed E-state index contributed by atoms with van der Waals surface area (Å²) in [4.78, 5) is 33.4. The molecule has 7 nitrogen and oxygen atoms in total. The number of thiophene rings is 1. The fraction of sp³-hybridized carbons (Fsp3) is 0.640. The van der Waals surface area contributed by atoms with E-state index in [-0.39, 0.29) is 17.9 Å². The second-order valence-electron chi connectivity index (χ2n) is 10.2. The smallest absolute Gasteiger partial charge is 0.274 e. The minimum atomic E-state index is 0.107. The van der Waals surface area contributed by atoms with Crippen molar-refractivity contribution in [3.63, 3.8) is 0 Å². The third kappa shape index (κ3) is 4.01. The van der Waals surface area contributed by atoms with Crippen LogP contribution in [0.4, 0.5) is 0 Å². The van der Waals surface area contributed by atoms with E-state index in [2.05, 4.69) is 21.0 Å². The minimum Gasteiger partial charge on any atom is -0.343 e. The van der Waals surface area contributed by atoms with Crippen molar-refractivity contribution >= 4 is 23.2 Å². The lowest BCUT2D eigenvalue weighted by Gasteiger charge is -2.34. The number of nitrogens with zero attached hydrogens (tertiary/aromatic N) is 5. The first-order chi connectivity index (χ1) is 16.1. The van der Waals surface area contributed by atoms with Crippen LogP contribution in [0.2, 0.25) is 0 Å². The Kier molecular flexibility index (Phi) is 5.53. The Balaban J connectivity index is 1.27. The topological polar surface area (TPSA) is 61.7 Å². The van der Waals surface area contributed by atoms with E-state index in [0.29, 0.717) is 5.69 Å². The molecule has 2 aromatic heterocycles. The van der Waals surface area contributed by atoms with Gasteiger partial charge in [0, 0.05) is 68.7 Å². The second kappa shape index (κ2) is 8.55. The summed E-state index contributed by atoms with van der Waals surface area (Å²) in [5, 5.41) is 7.19. The van der Waals surface area contributed by atoms with Crippen molar-refractivity contribution in [3.05, 3.63) is 27.6 Å². The van der Waals surface area contributed by atoms with E-state index in [1.807, 2.05) is 21.1 Å². The maximum atomic E-state index is 13.7. The van der Waals surface area contributed by atoms with Crippen LogP contribution in [-0.2, 0) is 17.6 Å². The van der Waals surface area contributed by atoms with Gasteiger partial charge in [-0.25, -0.2) is 0 Å². The average Bonchev–Trinajstić information content (AvgIpc) is 3.37. The molecule has 2 aliphatic carbocycles. The molecule has 33 heavy (non-hydrogen) atoms. The lowest BCUT2D eigenvalue weighted by atomic mass is 9.93. The summed E-state index contributed by atoms with van der Waals surface area (Å²) in [6, 6.07) is 2.43. The summed E-state index contributed by atoms with van der Waals surface area (Å²) in [6.45, 7) is 7.92. The molecule has 0 atom stereocenters. The number of aromatic nitrogens is 2. The van der Waals surface area contributed by atoms with Crippen LogP contribution in [0.25, 0.3) is 11.3 Å². The van der Waals surface area contributed by atoms with Gasteiger partial charge in [0.2, 0.25) is 5.91 Å². The maximum Gasteiger partial charge on any atom is 0.274 e. The van der Waals surface area contributed by atoms with E-state index in [1.165, 1.54) is 29.8 Å². The van der Waals surface area contributed by atoms with E-state index in [0.717, 1.165) is 82.1 Å². The molecule has 4 aliphatic rings. The molecular formula is C25H33N5O2S. The fourth-order valence-electron chi connectivity index (χ4n) is 5.79. The van der Waals surface area contributed by atoms with Crippen LogP contribution in [0.3, 0.4) is 0 Å². The Labute approximate surface area is 199 Å². The molecule has 0 radical (unpaired) electrons. The van der Waals surface area contributed by atoms with Gasteiger partial charge in [0.1, 0.15) is 0 Å². The van der Waals surface area contributed by atoms with Crippen LogP contribution in [0.1, 0.15) is 59.6 Å².